The highest BCUT2D eigenvalue weighted by molar-refractivity contribution is 6.32. The second-order valence-corrected chi connectivity index (χ2v) is 5.75. The van der Waals surface area contributed by atoms with E-state index in [1.807, 2.05) is 25.1 Å². The molecule has 20 heavy (non-hydrogen) atoms. The van der Waals surface area contributed by atoms with Gasteiger partial charge in [-0.25, -0.2) is 5.43 Å². The van der Waals surface area contributed by atoms with Crippen LogP contribution in [0.3, 0.4) is 0 Å². The van der Waals surface area contributed by atoms with Crippen molar-refractivity contribution in [3.63, 3.8) is 0 Å². The zero-order chi connectivity index (χ0) is 14.9. The molecule has 0 spiro atoms. The number of hydrazine groups is 1. The third-order valence-corrected chi connectivity index (χ3v) is 4.41. The predicted octanol–water partition coefficient (Wildman–Crippen LogP) is 4.13. The molecule has 1 unspecified atom stereocenters. The second-order valence-electron chi connectivity index (χ2n) is 5.37. The summed E-state index contributed by atoms with van der Waals surface area (Å²) in [4.78, 5) is 0. The van der Waals surface area contributed by atoms with E-state index in [-0.39, 0.29) is 6.04 Å². The van der Waals surface area contributed by atoms with Gasteiger partial charge in [-0.1, -0.05) is 41.9 Å². The highest BCUT2D eigenvalue weighted by atomic mass is 35.5. The van der Waals surface area contributed by atoms with Crippen LogP contribution < -0.4 is 11.3 Å². The number of rotatable bonds is 3. The van der Waals surface area contributed by atoms with Crippen LogP contribution in [0.25, 0.3) is 0 Å². The maximum absolute atomic E-state index is 6.44. The first-order chi connectivity index (χ1) is 9.45. The van der Waals surface area contributed by atoms with E-state index in [4.69, 9.17) is 17.4 Å². The van der Waals surface area contributed by atoms with Gasteiger partial charge in [-0.2, -0.15) is 0 Å². The fourth-order valence-corrected chi connectivity index (χ4v) is 2.77. The maximum Gasteiger partial charge on any atom is 0.0727 e. The molecule has 0 radical (unpaired) electrons. The second kappa shape index (κ2) is 5.96. The largest absolute Gasteiger partial charge is 0.271 e. The number of hydrogen-bond acceptors (Lipinski definition) is 2. The molecule has 2 rings (SSSR count). The van der Waals surface area contributed by atoms with Crippen molar-refractivity contribution in [3.8, 4) is 0 Å². The minimum Gasteiger partial charge on any atom is -0.271 e. The van der Waals surface area contributed by atoms with Crippen molar-refractivity contribution in [2.45, 2.75) is 33.7 Å². The summed E-state index contributed by atoms with van der Waals surface area (Å²) >= 11 is 6.44. The highest BCUT2D eigenvalue weighted by Gasteiger charge is 2.19. The molecule has 0 amide bonds. The highest BCUT2D eigenvalue weighted by Crippen LogP contribution is 2.32. The molecule has 0 aliphatic carbocycles. The Hall–Kier alpha value is -1.35. The lowest BCUT2D eigenvalue weighted by atomic mass is 9.91. The average Bonchev–Trinajstić information content (AvgIpc) is 2.41. The Morgan fingerprint density at radius 2 is 1.55 bits per heavy atom. The molecule has 0 saturated heterocycles. The topological polar surface area (TPSA) is 38.0 Å². The average molecular weight is 289 g/mol. The lowest BCUT2D eigenvalue weighted by molar-refractivity contribution is 0.633. The van der Waals surface area contributed by atoms with E-state index in [1.54, 1.807) is 0 Å². The van der Waals surface area contributed by atoms with Crippen molar-refractivity contribution in [2.75, 3.05) is 0 Å². The van der Waals surface area contributed by atoms with Gasteiger partial charge in [0.05, 0.1) is 6.04 Å². The molecule has 106 valence electrons. The fraction of sp³-hybridized carbons (Fsp3) is 0.294. The third-order valence-electron chi connectivity index (χ3n) is 3.89. The smallest absolute Gasteiger partial charge is 0.0727 e. The zero-order valence-corrected chi connectivity index (χ0v) is 13.2. The van der Waals surface area contributed by atoms with E-state index in [0.717, 1.165) is 16.1 Å². The van der Waals surface area contributed by atoms with Gasteiger partial charge in [-0.3, -0.25) is 5.84 Å². The van der Waals surface area contributed by atoms with Crippen molar-refractivity contribution in [1.29, 1.82) is 0 Å². The van der Waals surface area contributed by atoms with Gasteiger partial charge < -0.3 is 0 Å². The van der Waals surface area contributed by atoms with Gasteiger partial charge in [0.25, 0.3) is 0 Å². The molecule has 2 aromatic carbocycles. The summed E-state index contributed by atoms with van der Waals surface area (Å²) in [6, 6.07) is 10.3. The number of benzene rings is 2. The Labute approximate surface area is 125 Å². The molecular formula is C17H21ClN2. The molecule has 0 heterocycles. The molecule has 2 nitrogen and oxygen atoms in total. The number of hydrogen-bond donors (Lipinski definition) is 2. The van der Waals surface area contributed by atoms with Crippen LogP contribution in [0.1, 0.15) is 39.4 Å². The van der Waals surface area contributed by atoms with Gasteiger partial charge in [0.15, 0.2) is 0 Å². The fourth-order valence-electron chi connectivity index (χ4n) is 2.53. The first kappa shape index (κ1) is 15.0. The first-order valence-electron chi connectivity index (χ1n) is 6.74. The Kier molecular flexibility index (Phi) is 4.48. The zero-order valence-electron chi connectivity index (χ0n) is 12.4. The van der Waals surface area contributed by atoms with Crippen molar-refractivity contribution in [2.24, 2.45) is 5.84 Å². The number of halogens is 1. The van der Waals surface area contributed by atoms with Crippen molar-refractivity contribution in [1.82, 2.24) is 5.43 Å². The van der Waals surface area contributed by atoms with Crippen molar-refractivity contribution >= 4 is 11.6 Å². The van der Waals surface area contributed by atoms with Crippen LogP contribution >= 0.6 is 11.6 Å². The summed E-state index contributed by atoms with van der Waals surface area (Å²) in [7, 11) is 0. The van der Waals surface area contributed by atoms with Crippen LogP contribution in [0.15, 0.2) is 30.3 Å². The van der Waals surface area contributed by atoms with Crippen LogP contribution in [0.4, 0.5) is 0 Å². The quantitative estimate of drug-likeness (QED) is 0.658. The van der Waals surface area contributed by atoms with E-state index in [9.17, 15) is 0 Å². The Morgan fingerprint density at radius 3 is 2.20 bits per heavy atom. The van der Waals surface area contributed by atoms with E-state index in [1.165, 1.54) is 22.3 Å². The Bertz CT molecular complexity index is 635. The van der Waals surface area contributed by atoms with E-state index >= 15 is 0 Å². The minimum atomic E-state index is -0.0956. The minimum absolute atomic E-state index is 0.0956. The van der Waals surface area contributed by atoms with Crippen LogP contribution in [-0.2, 0) is 0 Å². The summed E-state index contributed by atoms with van der Waals surface area (Å²) in [5, 5.41) is 0.771. The molecule has 0 aromatic heterocycles. The van der Waals surface area contributed by atoms with Crippen LogP contribution in [0, 0.1) is 27.7 Å². The van der Waals surface area contributed by atoms with Gasteiger partial charge >= 0.3 is 0 Å². The monoisotopic (exact) mass is 288 g/mol. The summed E-state index contributed by atoms with van der Waals surface area (Å²) in [5.41, 5.74) is 9.92. The van der Waals surface area contributed by atoms with Crippen LogP contribution in [0.5, 0.6) is 0 Å². The van der Waals surface area contributed by atoms with Gasteiger partial charge in [0.1, 0.15) is 0 Å². The molecule has 3 heteroatoms. The number of nitrogens with one attached hydrogen (secondary N) is 1. The molecule has 2 aromatic rings. The summed E-state index contributed by atoms with van der Waals surface area (Å²) in [6.45, 7) is 8.35. The van der Waals surface area contributed by atoms with E-state index < -0.39 is 0 Å². The van der Waals surface area contributed by atoms with E-state index in [0.29, 0.717) is 0 Å². The first-order valence-corrected chi connectivity index (χ1v) is 7.12. The molecule has 0 fully saturated rings. The molecule has 0 aliphatic heterocycles. The lowest BCUT2D eigenvalue weighted by Gasteiger charge is -2.22. The molecule has 0 bridgehead atoms. The summed E-state index contributed by atoms with van der Waals surface area (Å²) in [6.07, 6.45) is 0. The summed E-state index contributed by atoms with van der Waals surface area (Å²) < 4.78 is 0. The standard InChI is InChI=1S/C17H21ClN2/c1-10-6-5-7-14(16(10)18)17(20-19)15-9-12(3)11(2)8-13(15)4/h5-9,17,20H,19H2,1-4H3. The van der Waals surface area contributed by atoms with Crippen molar-refractivity contribution in [3.05, 3.63) is 68.7 Å². The van der Waals surface area contributed by atoms with Gasteiger partial charge in [0, 0.05) is 5.02 Å². The van der Waals surface area contributed by atoms with Gasteiger partial charge in [-0.05, 0) is 61.1 Å². The lowest BCUT2D eigenvalue weighted by Crippen LogP contribution is -2.29. The van der Waals surface area contributed by atoms with Crippen molar-refractivity contribution < 1.29 is 0 Å². The van der Waals surface area contributed by atoms with Crippen LogP contribution in [-0.4, -0.2) is 0 Å². The van der Waals surface area contributed by atoms with E-state index in [2.05, 4.69) is 38.3 Å². The van der Waals surface area contributed by atoms with Gasteiger partial charge in [-0.15, -0.1) is 0 Å². The predicted molar refractivity (Wildman–Crippen MR) is 86.0 cm³/mol. The molecule has 3 N–H and O–H groups in total. The summed E-state index contributed by atoms with van der Waals surface area (Å²) in [5.74, 6) is 5.80. The Morgan fingerprint density at radius 1 is 0.900 bits per heavy atom. The normalized spacial score (nSPS) is 12.5. The Balaban J connectivity index is 2.58. The molecule has 0 aliphatic rings. The molecule has 1 atom stereocenters. The molecular weight excluding hydrogens is 268 g/mol. The maximum atomic E-state index is 6.44. The van der Waals surface area contributed by atoms with Crippen LogP contribution in [0.2, 0.25) is 5.02 Å². The number of nitrogens with two attached hydrogens (primary N) is 1. The van der Waals surface area contributed by atoms with Gasteiger partial charge in [0.2, 0.25) is 0 Å². The molecule has 0 saturated carbocycles. The SMILES string of the molecule is Cc1cc(C)c(C(NN)c2cccc(C)c2Cl)cc1C. The number of aryl methyl sites for hydroxylation is 4. The third kappa shape index (κ3) is 2.73.